The highest BCUT2D eigenvalue weighted by Crippen LogP contribution is 2.24. The molecule has 0 unspecified atom stereocenters. The van der Waals surface area contributed by atoms with Gasteiger partial charge in [-0.05, 0) is 38.0 Å². The van der Waals surface area contributed by atoms with Crippen LogP contribution in [0.25, 0.3) is 5.13 Å². The Morgan fingerprint density at radius 1 is 1.28 bits per heavy atom. The molecule has 2 heterocycles. The molecule has 3 rings (SSSR count). The molecule has 5 nitrogen and oxygen atoms in total. The number of nitrogens with one attached hydrogen (secondary N) is 1. The monoisotopic (exact) mass is 374 g/mol. The van der Waals surface area contributed by atoms with Crippen LogP contribution in [0.15, 0.2) is 29.6 Å². The van der Waals surface area contributed by atoms with E-state index in [1.807, 2.05) is 43.5 Å². The van der Waals surface area contributed by atoms with Gasteiger partial charge < -0.3 is 5.32 Å². The third kappa shape index (κ3) is 3.91. The Balaban J connectivity index is 1.68. The Morgan fingerprint density at radius 3 is 2.60 bits per heavy atom. The third-order valence-electron chi connectivity index (χ3n) is 3.91. The molecule has 0 atom stereocenters. The lowest BCUT2D eigenvalue weighted by Crippen LogP contribution is -2.14. The number of hydrogen-bond donors (Lipinski definition) is 1. The molecule has 0 spiro atoms. The minimum absolute atomic E-state index is 0.0903. The zero-order chi connectivity index (χ0) is 18.0. The fourth-order valence-electron chi connectivity index (χ4n) is 2.48. The molecule has 0 aliphatic heterocycles. The summed E-state index contributed by atoms with van der Waals surface area (Å²) in [6.07, 6.45) is 1.20. The van der Waals surface area contributed by atoms with Crippen molar-refractivity contribution in [3.05, 3.63) is 57.3 Å². The van der Waals surface area contributed by atoms with Crippen LogP contribution in [0.5, 0.6) is 0 Å². The van der Waals surface area contributed by atoms with E-state index < -0.39 is 0 Å². The summed E-state index contributed by atoms with van der Waals surface area (Å²) in [4.78, 5) is 16.7. The van der Waals surface area contributed by atoms with Crippen molar-refractivity contribution in [1.82, 2.24) is 14.8 Å². The van der Waals surface area contributed by atoms with E-state index in [4.69, 9.17) is 11.6 Å². The Labute approximate surface area is 155 Å². The zero-order valence-corrected chi connectivity index (χ0v) is 15.9. The first-order valence-corrected chi connectivity index (χ1v) is 9.29. The maximum Gasteiger partial charge on any atom is 0.230 e. The van der Waals surface area contributed by atoms with E-state index in [0.29, 0.717) is 15.8 Å². The molecule has 1 N–H and O–H groups in total. The fourth-order valence-corrected chi connectivity index (χ4v) is 3.42. The molecule has 0 aliphatic carbocycles. The van der Waals surface area contributed by atoms with Gasteiger partial charge in [-0.25, -0.2) is 9.67 Å². The van der Waals surface area contributed by atoms with Gasteiger partial charge in [0.15, 0.2) is 0 Å². The van der Waals surface area contributed by atoms with Gasteiger partial charge in [-0.1, -0.05) is 30.7 Å². The fraction of sp³-hybridized carbons (Fsp3) is 0.278. The van der Waals surface area contributed by atoms with Gasteiger partial charge in [-0.3, -0.25) is 4.79 Å². The van der Waals surface area contributed by atoms with Crippen molar-refractivity contribution in [2.24, 2.45) is 0 Å². The van der Waals surface area contributed by atoms with Crippen LogP contribution in [0, 0.1) is 13.8 Å². The highest BCUT2D eigenvalue weighted by Gasteiger charge is 2.14. The molecule has 0 radical (unpaired) electrons. The lowest BCUT2D eigenvalue weighted by Gasteiger charge is -2.05. The van der Waals surface area contributed by atoms with Crippen molar-refractivity contribution in [1.29, 1.82) is 0 Å². The van der Waals surface area contributed by atoms with Crippen LogP contribution in [0.4, 0.5) is 5.69 Å². The lowest BCUT2D eigenvalue weighted by atomic mass is 10.1. The van der Waals surface area contributed by atoms with Crippen LogP contribution < -0.4 is 5.32 Å². The minimum Gasteiger partial charge on any atom is -0.326 e. The standard InChI is InChI=1S/C18H19ClN4OS/c1-4-13-5-7-14(8-6-13)20-16(24)9-15-10-25-18(21-15)23-12(3)17(19)11(2)22-23/h5-8,10H,4,9H2,1-3H3,(H,20,24). The van der Waals surface area contributed by atoms with Crippen LogP contribution in [-0.2, 0) is 17.6 Å². The second-order valence-corrected chi connectivity index (χ2v) is 7.01. The summed E-state index contributed by atoms with van der Waals surface area (Å²) in [7, 11) is 0. The molecule has 0 saturated heterocycles. The van der Waals surface area contributed by atoms with Crippen molar-refractivity contribution >= 4 is 34.5 Å². The summed E-state index contributed by atoms with van der Waals surface area (Å²) < 4.78 is 1.72. The number of carbonyl (C=O) groups excluding carboxylic acids is 1. The van der Waals surface area contributed by atoms with E-state index in [2.05, 4.69) is 22.3 Å². The van der Waals surface area contributed by atoms with Crippen LogP contribution in [0.3, 0.4) is 0 Å². The van der Waals surface area contributed by atoms with Gasteiger partial charge in [-0.15, -0.1) is 11.3 Å². The number of hydrogen-bond acceptors (Lipinski definition) is 4. The Bertz CT molecular complexity index is 898. The number of carbonyl (C=O) groups is 1. The van der Waals surface area contributed by atoms with E-state index in [-0.39, 0.29) is 12.3 Å². The first-order valence-electron chi connectivity index (χ1n) is 8.03. The quantitative estimate of drug-likeness (QED) is 0.722. The predicted octanol–water partition coefficient (Wildman–Crippen LogP) is 4.34. The van der Waals surface area contributed by atoms with E-state index in [1.165, 1.54) is 16.9 Å². The Morgan fingerprint density at radius 2 is 2.00 bits per heavy atom. The minimum atomic E-state index is -0.0903. The smallest absolute Gasteiger partial charge is 0.230 e. The van der Waals surface area contributed by atoms with Crippen LogP contribution >= 0.6 is 22.9 Å². The number of benzene rings is 1. The van der Waals surface area contributed by atoms with Crippen molar-refractivity contribution < 1.29 is 4.79 Å². The average molecular weight is 375 g/mol. The van der Waals surface area contributed by atoms with Crippen LogP contribution in [0.1, 0.15) is 29.6 Å². The summed E-state index contributed by atoms with van der Waals surface area (Å²) in [6.45, 7) is 5.86. The summed E-state index contributed by atoms with van der Waals surface area (Å²) in [6, 6.07) is 7.87. The number of aromatic nitrogens is 3. The Hall–Kier alpha value is -2.18. The number of rotatable bonds is 5. The van der Waals surface area contributed by atoms with E-state index in [0.717, 1.165) is 23.5 Å². The second kappa shape index (κ2) is 7.37. The van der Waals surface area contributed by atoms with Gasteiger partial charge in [-0.2, -0.15) is 5.10 Å². The maximum absolute atomic E-state index is 12.2. The van der Waals surface area contributed by atoms with Gasteiger partial charge in [0.2, 0.25) is 11.0 Å². The van der Waals surface area contributed by atoms with Crippen LogP contribution in [-0.4, -0.2) is 20.7 Å². The lowest BCUT2D eigenvalue weighted by molar-refractivity contribution is -0.115. The van der Waals surface area contributed by atoms with Crippen molar-refractivity contribution in [2.45, 2.75) is 33.6 Å². The third-order valence-corrected chi connectivity index (χ3v) is 5.32. The normalized spacial score (nSPS) is 10.9. The molecular formula is C18H19ClN4OS. The topological polar surface area (TPSA) is 59.8 Å². The number of anilines is 1. The molecule has 2 aromatic heterocycles. The molecule has 0 bridgehead atoms. The molecule has 1 aromatic carbocycles. The zero-order valence-electron chi connectivity index (χ0n) is 14.3. The van der Waals surface area contributed by atoms with E-state index in [9.17, 15) is 4.79 Å². The highest BCUT2D eigenvalue weighted by molar-refractivity contribution is 7.12. The molecule has 1 amide bonds. The molecule has 7 heteroatoms. The molecule has 0 saturated carbocycles. The summed E-state index contributed by atoms with van der Waals surface area (Å²) in [5.74, 6) is -0.0903. The summed E-state index contributed by atoms with van der Waals surface area (Å²) >= 11 is 7.62. The van der Waals surface area contributed by atoms with E-state index >= 15 is 0 Å². The Kier molecular flexibility index (Phi) is 5.20. The molecule has 3 aromatic rings. The number of halogens is 1. The number of amides is 1. The maximum atomic E-state index is 12.2. The van der Waals surface area contributed by atoms with Gasteiger partial charge in [0.1, 0.15) is 0 Å². The molecule has 130 valence electrons. The van der Waals surface area contributed by atoms with Gasteiger partial charge in [0.25, 0.3) is 0 Å². The van der Waals surface area contributed by atoms with Crippen LogP contribution in [0.2, 0.25) is 5.02 Å². The van der Waals surface area contributed by atoms with E-state index in [1.54, 1.807) is 4.68 Å². The first kappa shape index (κ1) is 17.6. The van der Waals surface area contributed by atoms with Gasteiger partial charge in [0.05, 0.1) is 28.5 Å². The summed E-state index contributed by atoms with van der Waals surface area (Å²) in [5.41, 5.74) is 4.37. The van der Waals surface area contributed by atoms with Crippen molar-refractivity contribution in [2.75, 3.05) is 5.32 Å². The van der Waals surface area contributed by atoms with Gasteiger partial charge >= 0.3 is 0 Å². The number of nitrogens with zero attached hydrogens (tertiary/aromatic N) is 3. The molecular weight excluding hydrogens is 356 g/mol. The highest BCUT2D eigenvalue weighted by atomic mass is 35.5. The average Bonchev–Trinajstić information content (AvgIpc) is 3.15. The number of aryl methyl sites for hydroxylation is 2. The summed E-state index contributed by atoms with van der Waals surface area (Å²) in [5, 5.41) is 10.5. The van der Waals surface area contributed by atoms with Gasteiger partial charge in [0, 0.05) is 11.1 Å². The van der Waals surface area contributed by atoms with Crippen molar-refractivity contribution in [3.8, 4) is 5.13 Å². The SMILES string of the molecule is CCc1ccc(NC(=O)Cc2csc(-n3nc(C)c(Cl)c3C)n2)cc1. The molecule has 25 heavy (non-hydrogen) atoms. The largest absolute Gasteiger partial charge is 0.326 e. The molecule has 0 fully saturated rings. The second-order valence-electron chi connectivity index (χ2n) is 5.79. The molecule has 0 aliphatic rings. The predicted molar refractivity (Wildman–Crippen MR) is 102 cm³/mol. The number of thiazole rings is 1. The first-order chi connectivity index (χ1) is 12.0. The van der Waals surface area contributed by atoms with Crippen molar-refractivity contribution in [3.63, 3.8) is 0 Å².